The molecule has 0 saturated carbocycles. The predicted octanol–water partition coefficient (Wildman–Crippen LogP) is 3.34. The maximum atomic E-state index is 12.3. The highest BCUT2D eigenvalue weighted by Crippen LogP contribution is 2.26. The molecule has 0 N–H and O–H groups in total. The topological polar surface area (TPSA) is 63.7 Å². The fourth-order valence-corrected chi connectivity index (χ4v) is 3.10. The first kappa shape index (κ1) is 18.8. The van der Waals surface area contributed by atoms with Crippen LogP contribution >= 0.6 is 0 Å². The Bertz CT molecular complexity index is 840. The Morgan fingerprint density at radius 1 is 1.07 bits per heavy atom. The molecule has 0 bridgehead atoms. The van der Waals surface area contributed by atoms with E-state index in [9.17, 15) is 14.4 Å². The van der Waals surface area contributed by atoms with Gasteiger partial charge < -0.3 is 9.64 Å². The van der Waals surface area contributed by atoms with E-state index in [1.54, 1.807) is 17.0 Å². The fourth-order valence-electron chi connectivity index (χ4n) is 3.10. The molecule has 1 aliphatic heterocycles. The molecule has 0 spiro atoms. The Hall–Kier alpha value is -2.95. The van der Waals surface area contributed by atoms with Gasteiger partial charge in [0.25, 0.3) is 0 Å². The summed E-state index contributed by atoms with van der Waals surface area (Å²) in [5, 5.41) is 0. The highest BCUT2D eigenvalue weighted by atomic mass is 16.5. The van der Waals surface area contributed by atoms with Gasteiger partial charge in [-0.3, -0.25) is 14.4 Å². The van der Waals surface area contributed by atoms with E-state index in [-0.39, 0.29) is 31.3 Å². The van der Waals surface area contributed by atoms with Crippen LogP contribution in [0.3, 0.4) is 0 Å². The molecule has 1 fully saturated rings. The predicted molar refractivity (Wildman–Crippen MR) is 103 cm³/mol. The summed E-state index contributed by atoms with van der Waals surface area (Å²) in [5.41, 5.74) is 3.54. The second kappa shape index (κ2) is 8.16. The number of hydrogen-bond donors (Lipinski definition) is 0. The van der Waals surface area contributed by atoms with E-state index in [0.29, 0.717) is 5.56 Å². The number of anilines is 1. The highest BCUT2D eigenvalue weighted by molar-refractivity contribution is 6.01. The molecule has 2 aromatic rings. The van der Waals surface area contributed by atoms with Crippen LogP contribution in [0.1, 0.15) is 34.8 Å². The second-order valence-electron chi connectivity index (χ2n) is 6.82. The third kappa shape index (κ3) is 4.42. The Morgan fingerprint density at radius 2 is 1.74 bits per heavy atom. The van der Waals surface area contributed by atoms with E-state index in [4.69, 9.17) is 4.74 Å². The van der Waals surface area contributed by atoms with Gasteiger partial charge in [0.2, 0.25) is 5.91 Å². The van der Waals surface area contributed by atoms with Crippen molar-refractivity contribution in [3.63, 3.8) is 0 Å². The first-order valence-electron chi connectivity index (χ1n) is 9.13. The lowest BCUT2D eigenvalue weighted by Gasteiger charge is -2.16. The average molecular weight is 365 g/mol. The lowest BCUT2D eigenvalue weighted by atomic mass is 10.1. The summed E-state index contributed by atoms with van der Waals surface area (Å²) in [4.78, 5) is 38.3. The summed E-state index contributed by atoms with van der Waals surface area (Å²) in [7, 11) is 0. The number of Topliss-reactive ketones (excluding diaryl/α,β-unsaturated/α-hetero) is 1. The first-order valence-corrected chi connectivity index (χ1v) is 9.13. The molecule has 1 atom stereocenters. The summed E-state index contributed by atoms with van der Waals surface area (Å²) < 4.78 is 5.18. The Balaban J connectivity index is 1.55. The summed E-state index contributed by atoms with van der Waals surface area (Å²) in [6.45, 7) is 3.99. The van der Waals surface area contributed by atoms with Crippen LogP contribution in [0.4, 0.5) is 5.69 Å². The molecule has 0 aliphatic carbocycles. The number of aryl methyl sites for hydroxylation is 2. The van der Waals surface area contributed by atoms with Crippen LogP contribution < -0.4 is 4.90 Å². The van der Waals surface area contributed by atoms with Crippen molar-refractivity contribution in [2.24, 2.45) is 5.92 Å². The largest absolute Gasteiger partial charge is 0.457 e. The number of nitrogens with zero attached hydrogens (tertiary/aromatic N) is 1. The molecular weight excluding hydrogens is 342 g/mol. The van der Waals surface area contributed by atoms with Crippen LogP contribution in [0.5, 0.6) is 0 Å². The molecule has 5 heteroatoms. The van der Waals surface area contributed by atoms with E-state index in [1.807, 2.05) is 50.2 Å². The minimum Gasteiger partial charge on any atom is -0.457 e. The molecule has 2 aromatic carbocycles. The number of benzene rings is 2. The summed E-state index contributed by atoms with van der Waals surface area (Å²) in [5.74, 6) is -1.40. The molecule has 1 heterocycles. The lowest BCUT2D eigenvalue weighted by Crippen LogP contribution is -2.27. The Morgan fingerprint density at radius 3 is 2.37 bits per heavy atom. The van der Waals surface area contributed by atoms with Gasteiger partial charge in [0, 0.05) is 24.2 Å². The molecule has 5 nitrogen and oxygen atoms in total. The van der Waals surface area contributed by atoms with Crippen molar-refractivity contribution < 1.29 is 19.1 Å². The van der Waals surface area contributed by atoms with Crippen molar-refractivity contribution in [2.45, 2.75) is 26.7 Å². The molecule has 3 rings (SSSR count). The monoisotopic (exact) mass is 365 g/mol. The van der Waals surface area contributed by atoms with Crippen LogP contribution in [0.15, 0.2) is 48.5 Å². The van der Waals surface area contributed by atoms with E-state index in [1.165, 1.54) is 0 Å². The van der Waals surface area contributed by atoms with Crippen LogP contribution in [0.2, 0.25) is 0 Å². The standard InChI is InChI=1S/C22H23NO4/c1-3-16-6-8-17(9-7-16)20(24)14-27-22(26)18-12-21(25)23(13-18)19-10-4-15(2)5-11-19/h4-11,18H,3,12-14H2,1-2H3/t18-/m1/s1. The van der Waals surface area contributed by atoms with E-state index in [0.717, 1.165) is 23.2 Å². The summed E-state index contributed by atoms with van der Waals surface area (Å²) >= 11 is 0. The SMILES string of the molecule is CCc1ccc(C(=O)COC(=O)[C@@H]2CC(=O)N(c3ccc(C)cc3)C2)cc1. The van der Waals surface area contributed by atoms with Crippen molar-refractivity contribution in [1.82, 2.24) is 0 Å². The Kier molecular flexibility index (Phi) is 5.69. The number of esters is 1. The number of rotatable bonds is 6. The second-order valence-corrected chi connectivity index (χ2v) is 6.82. The van der Waals surface area contributed by atoms with Gasteiger partial charge in [0.15, 0.2) is 12.4 Å². The quantitative estimate of drug-likeness (QED) is 0.582. The van der Waals surface area contributed by atoms with Gasteiger partial charge >= 0.3 is 5.97 Å². The van der Waals surface area contributed by atoms with Gasteiger partial charge in [-0.05, 0) is 31.0 Å². The van der Waals surface area contributed by atoms with E-state index >= 15 is 0 Å². The summed E-state index contributed by atoms with van der Waals surface area (Å²) in [6.07, 6.45) is 1.00. The van der Waals surface area contributed by atoms with E-state index < -0.39 is 11.9 Å². The number of carbonyl (C=O) groups excluding carboxylic acids is 3. The van der Waals surface area contributed by atoms with Gasteiger partial charge in [-0.2, -0.15) is 0 Å². The number of carbonyl (C=O) groups is 3. The molecule has 1 amide bonds. The average Bonchev–Trinajstić information content (AvgIpc) is 3.08. The minimum absolute atomic E-state index is 0.103. The maximum Gasteiger partial charge on any atom is 0.311 e. The number of ether oxygens (including phenoxy) is 1. The van der Waals surface area contributed by atoms with Crippen LogP contribution in [0.25, 0.3) is 0 Å². The number of ketones is 1. The molecule has 27 heavy (non-hydrogen) atoms. The van der Waals surface area contributed by atoms with Gasteiger partial charge in [-0.1, -0.05) is 48.9 Å². The number of amides is 1. The molecule has 0 radical (unpaired) electrons. The lowest BCUT2D eigenvalue weighted by molar-refractivity contribution is -0.147. The first-order chi connectivity index (χ1) is 13.0. The zero-order valence-electron chi connectivity index (χ0n) is 15.6. The van der Waals surface area contributed by atoms with Gasteiger partial charge in [-0.25, -0.2) is 0 Å². The van der Waals surface area contributed by atoms with Gasteiger partial charge in [0.1, 0.15) is 0 Å². The summed E-state index contributed by atoms with van der Waals surface area (Å²) in [6, 6.07) is 14.9. The van der Waals surface area contributed by atoms with Crippen molar-refractivity contribution in [3.05, 3.63) is 65.2 Å². The normalized spacial score (nSPS) is 16.4. The van der Waals surface area contributed by atoms with Gasteiger partial charge in [0.05, 0.1) is 5.92 Å². The Labute approximate surface area is 158 Å². The zero-order valence-corrected chi connectivity index (χ0v) is 15.6. The highest BCUT2D eigenvalue weighted by Gasteiger charge is 2.36. The van der Waals surface area contributed by atoms with Crippen molar-refractivity contribution in [2.75, 3.05) is 18.1 Å². The third-order valence-electron chi connectivity index (χ3n) is 4.83. The number of hydrogen-bond acceptors (Lipinski definition) is 4. The minimum atomic E-state index is -0.547. The fraction of sp³-hybridized carbons (Fsp3) is 0.318. The van der Waals surface area contributed by atoms with Crippen LogP contribution in [-0.2, 0) is 20.7 Å². The maximum absolute atomic E-state index is 12.3. The zero-order chi connectivity index (χ0) is 19.4. The van der Waals surface area contributed by atoms with Crippen molar-refractivity contribution in [1.29, 1.82) is 0 Å². The molecule has 0 aromatic heterocycles. The third-order valence-corrected chi connectivity index (χ3v) is 4.83. The molecule has 140 valence electrons. The van der Waals surface area contributed by atoms with Gasteiger partial charge in [-0.15, -0.1) is 0 Å². The molecule has 0 unspecified atom stereocenters. The van der Waals surface area contributed by atoms with Crippen molar-refractivity contribution in [3.8, 4) is 0 Å². The smallest absolute Gasteiger partial charge is 0.311 e. The van der Waals surface area contributed by atoms with Crippen LogP contribution in [-0.4, -0.2) is 30.8 Å². The van der Waals surface area contributed by atoms with Crippen LogP contribution in [0, 0.1) is 12.8 Å². The molecular formula is C22H23NO4. The van der Waals surface area contributed by atoms with E-state index in [2.05, 4.69) is 0 Å². The molecule has 1 aliphatic rings. The molecule has 1 saturated heterocycles. The van der Waals surface area contributed by atoms with Crippen molar-refractivity contribution >= 4 is 23.3 Å².